The van der Waals surface area contributed by atoms with Gasteiger partial charge in [0.05, 0.1) is 0 Å². The van der Waals surface area contributed by atoms with Crippen molar-refractivity contribution in [3.8, 4) is 0 Å². The van der Waals surface area contributed by atoms with Gasteiger partial charge in [0.15, 0.2) is 0 Å². The zero-order valence-electron chi connectivity index (χ0n) is 10.7. The van der Waals surface area contributed by atoms with Crippen molar-refractivity contribution >= 4 is 23.5 Å². The van der Waals surface area contributed by atoms with Crippen LogP contribution in [0.3, 0.4) is 0 Å². The number of nitrogen functional groups attached to an aromatic ring is 1. The normalized spacial score (nSPS) is 12.1. The highest BCUT2D eigenvalue weighted by atomic mass is 35.5. The third-order valence-corrected chi connectivity index (χ3v) is 2.96. The van der Waals surface area contributed by atoms with E-state index >= 15 is 0 Å². The van der Waals surface area contributed by atoms with Gasteiger partial charge in [-0.3, -0.25) is 0 Å². The highest BCUT2D eigenvalue weighted by Gasteiger charge is 2.05. The predicted octanol–water partition coefficient (Wildman–Crippen LogP) is 2.54. The first-order chi connectivity index (χ1) is 9.13. The minimum absolute atomic E-state index is 0.222. The van der Waals surface area contributed by atoms with Crippen LogP contribution in [0.4, 0.5) is 11.9 Å². The van der Waals surface area contributed by atoms with Crippen LogP contribution in [0, 0.1) is 0 Å². The van der Waals surface area contributed by atoms with Gasteiger partial charge in [-0.1, -0.05) is 23.7 Å². The Kier molecular flexibility index (Phi) is 4.52. The maximum absolute atomic E-state index is 5.95. The molecular formula is C13H16ClN5. The number of aromatic nitrogens is 3. The molecular weight excluding hydrogens is 262 g/mol. The zero-order valence-corrected chi connectivity index (χ0v) is 11.4. The molecule has 6 heteroatoms. The molecule has 1 heterocycles. The molecule has 5 nitrogen and oxygen atoms in total. The van der Waals surface area contributed by atoms with Crippen LogP contribution in [0.1, 0.15) is 18.9 Å². The summed E-state index contributed by atoms with van der Waals surface area (Å²) in [5.74, 6) is 0.727. The van der Waals surface area contributed by atoms with Crippen molar-refractivity contribution in [2.45, 2.75) is 25.8 Å². The summed E-state index contributed by atoms with van der Waals surface area (Å²) < 4.78 is 0. The average molecular weight is 278 g/mol. The number of nitrogens with one attached hydrogen (secondary N) is 1. The monoisotopic (exact) mass is 277 g/mol. The number of nitrogens with zero attached hydrogens (tertiary/aromatic N) is 3. The molecule has 0 aliphatic rings. The molecule has 1 atom stereocenters. The lowest BCUT2D eigenvalue weighted by Gasteiger charge is -2.13. The van der Waals surface area contributed by atoms with E-state index in [1.807, 2.05) is 18.2 Å². The lowest BCUT2D eigenvalue weighted by molar-refractivity contribution is 0.698. The summed E-state index contributed by atoms with van der Waals surface area (Å²) in [6.07, 6.45) is 3.29. The molecule has 0 aliphatic carbocycles. The summed E-state index contributed by atoms with van der Waals surface area (Å²) in [5, 5.41) is 3.96. The van der Waals surface area contributed by atoms with E-state index in [9.17, 15) is 0 Å². The fraction of sp³-hybridized carbons (Fsp3) is 0.308. The third kappa shape index (κ3) is 4.37. The predicted molar refractivity (Wildman–Crippen MR) is 77.1 cm³/mol. The number of hydrogen-bond acceptors (Lipinski definition) is 5. The van der Waals surface area contributed by atoms with E-state index in [4.69, 9.17) is 17.3 Å². The van der Waals surface area contributed by atoms with Crippen LogP contribution >= 0.6 is 11.6 Å². The Labute approximate surface area is 117 Å². The molecule has 0 saturated carbocycles. The van der Waals surface area contributed by atoms with Crippen molar-refractivity contribution in [3.05, 3.63) is 41.2 Å². The Bertz CT molecular complexity index is 546. The Morgan fingerprint density at radius 2 is 2.21 bits per heavy atom. The highest BCUT2D eigenvalue weighted by molar-refractivity contribution is 6.30. The number of anilines is 2. The topological polar surface area (TPSA) is 76.7 Å². The standard InChI is InChI=1S/C13H16ClN5/c1-9(18-13-17-8-16-12(15)19-13)5-6-10-3-2-4-11(14)7-10/h2-4,7-9H,5-6H2,1H3,(H3,15,16,17,18,19). The quantitative estimate of drug-likeness (QED) is 0.878. The van der Waals surface area contributed by atoms with E-state index in [0.717, 1.165) is 17.9 Å². The average Bonchev–Trinajstić information content (AvgIpc) is 2.36. The van der Waals surface area contributed by atoms with Gasteiger partial charge in [-0.2, -0.15) is 4.98 Å². The fourth-order valence-corrected chi connectivity index (χ4v) is 1.96. The summed E-state index contributed by atoms with van der Waals surface area (Å²) >= 11 is 5.95. The molecule has 1 unspecified atom stereocenters. The second-order valence-corrected chi connectivity index (χ2v) is 4.82. The van der Waals surface area contributed by atoms with Gasteiger partial charge in [-0.25, -0.2) is 9.97 Å². The van der Waals surface area contributed by atoms with Crippen LogP contribution in [0.5, 0.6) is 0 Å². The van der Waals surface area contributed by atoms with Gasteiger partial charge < -0.3 is 11.1 Å². The smallest absolute Gasteiger partial charge is 0.227 e. The van der Waals surface area contributed by atoms with E-state index < -0.39 is 0 Å². The molecule has 0 saturated heterocycles. The number of aryl methyl sites for hydroxylation is 1. The second kappa shape index (κ2) is 6.33. The molecule has 1 aromatic carbocycles. The molecule has 2 aromatic rings. The van der Waals surface area contributed by atoms with E-state index in [1.165, 1.54) is 11.9 Å². The molecule has 0 radical (unpaired) electrons. The van der Waals surface area contributed by atoms with Crippen LogP contribution in [-0.4, -0.2) is 21.0 Å². The first kappa shape index (κ1) is 13.5. The van der Waals surface area contributed by atoms with Crippen LogP contribution in [0.15, 0.2) is 30.6 Å². The van der Waals surface area contributed by atoms with Crippen LogP contribution in [0.2, 0.25) is 5.02 Å². The zero-order chi connectivity index (χ0) is 13.7. The summed E-state index contributed by atoms with van der Waals surface area (Å²) in [6.45, 7) is 2.07. The second-order valence-electron chi connectivity index (χ2n) is 4.38. The maximum Gasteiger partial charge on any atom is 0.227 e. The largest absolute Gasteiger partial charge is 0.368 e. The Balaban J connectivity index is 1.86. The summed E-state index contributed by atoms with van der Waals surface area (Å²) in [5.41, 5.74) is 6.72. The molecule has 0 fully saturated rings. The van der Waals surface area contributed by atoms with Crippen molar-refractivity contribution in [2.24, 2.45) is 0 Å². The van der Waals surface area contributed by atoms with Gasteiger partial charge in [0.25, 0.3) is 0 Å². The van der Waals surface area contributed by atoms with Gasteiger partial charge in [-0.15, -0.1) is 0 Å². The van der Waals surface area contributed by atoms with Gasteiger partial charge in [0.1, 0.15) is 6.33 Å². The summed E-state index contributed by atoms with van der Waals surface area (Å²) in [6, 6.07) is 8.12. The van der Waals surface area contributed by atoms with Crippen LogP contribution in [0.25, 0.3) is 0 Å². The van der Waals surface area contributed by atoms with Crippen molar-refractivity contribution in [2.75, 3.05) is 11.1 Å². The molecule has 2 rings (SSSR count). The molecule has 0 amide bonds. The molecule has 0 aliphatic heterocycles. The molecule has 1 aromatic heterocycles. The number of nitrogens with two attached hydrogens (primary N) is 1. The summed E-state index contributed by atoms with van der Waals surface area (Å²) in [7, 11) is 0. The molecule has 3 N–H and O–H groups in total. The van der Waals surface area contributed by atoms with Crippen molar-refractivity contribution in [3.63, 3.8) is 0 Å². The number of rotatable bonds is 5. The van der Waals surface area contributed by atoms with Crippen molar-refractivity contribution in [1.82, 2.24) is 15.0 Å². The lowest BCUT2D eigenvalue weighted by Crippen LogP contribution is -2.18. The Morgan fingerprint density at radius 3 is 2.95 bits per heavy atom. The van der Waals surface area contributed by atoms with E-state index in [1.54, 1.807) is 0 Å². The van der Waals surface area contributed by atoms with Crippen molar-refractivity contribution in [1.29, 1.82) is 0 Å². The highest BCUT2D eigenvalue weighted by Crippen LogP contribution is 2.13. The molecule has 100 valence electrons. The lowest BCUT2D eigenvalue weighted by atomic mass is 10.1. The fourth-order valence-electron chi connectivity index (χ4n) is 1.75. The minimum atomic E-state index is 0.222. The maximum atomic E-state index is 5.95. The van der Waals surface area contributed by atoms with Crippen LogP contribution in [-0.2, 0) is 6.42 Å². The van der Waals surface area contributed by atoms with Gasteiger partial charge in [-0.05, 0) is 37.5 Å². The Hall–Kier alpha value is -1.88. The SMILES string of the molecule is CC(CCc1cccc(Cl)c1)Nc1ncnc(N)n1. The van der Waals surface area contributed by atoms with Crippen molar-refractivity contribution < 1.29 is 0 Å². The van der Waals surface area contributed by atoms with Gasteiger partial charge in [0.2, 0.25) is 11.9 Å². The number of hydrogen-bond donors (Lipinski definition) is 2. The van der Waals surface area contributed by atoms with Gasteiger partial charge in [0, 0.05) is 11.1 Å². The first-order valence-corrected chi connectivity index (χ1v) is 6.47. The molecule has 19 heavy (non-hydrogen) atoms. The Morgan fingerprint density at radius 1 is 1.37 bits per heavy atom. The van der Waals surface area contributed by atoms with E-state index in [2.05, 4.69) is 33.3 Å². The first-order valence-electron chi connectivity index (χ1n) is 6.09. The summed E-state index contributed by atoms with van der Waals surface area (Å²) in [4.78, 5) is 11.8. The number of halogens is 1. The number of benzene rings is 1. The minimum Gasteiger partial charge on any atom is -0.368 e. The molecule has 0 bridgehead atoms. The van der Waals surface area contributed by atoms with Gasteiger partial charge >= 0.3 is 0 Å². The van der Waals surface area contributed by atoms with E-state index in [-0.39, 0.29) is 12.0 Å². The molecule has 0 spiro atoms. The van der Waals surface area contributed by atoms with E-state index in [0.29, 0.717) is 5.95 Å². The third-order valence-electron chi connectivity index (χ3n) is 2.72. The van der Waals surface area contributed by atoms with Crippen LogP contribution < -0.4 is 11.1 Å².